The number of carbonyl (C=O) groups is 3. The van der Waals surface area contributed by atoms with E-state index in [4.69, 9.17) is 4.42 Å². The maximum Gasteiger partial charge on any atom is 0.325 e. The van der Waals surface area contributed by atoms with Crippen LogP contribution in [0.5, 0.6) is 0 Å². The Morgan fingerprint density at radius 3 is 2.45 bits per heavy atom. The van der Waals surface area contributed by atoms with E-state index in [2.05, 4.69) is 10.2 Å². The molecule has 2 aromatic carbocycles. The fraction of sp³-hybridized carbons (Fsp3) is 0.292. The maximum absolute atomic E-state index is 13.2. The molecule has 9 heteroatoms. The predicted octanol–water partition coefficient (Wildman–Crippen LogP) is 2.69. The van der Waals surface area contributed by atoms with Gasteiger partial charge in [0.1, 0.15) is 23.7 Å². The molecule has 2 saturated heterocycles. The fourth-order valence-electron chi connectivity index (χ4n) is 4.34. The molecule has 1 N–H and O–H groups in total. The average Bonchev–Trinajstić information content (AvgIpc) is 3.35. The molecule has 1 unspecified atom stereocenters. The second kappa shape index (κ2) is 7.91. The van der Waals surface area contributed by atoms with E-state index in [-0.39, 0.29) is 18.3 Å². The van der Waals surface area contributed by atoms with Crippen LogP contribution in [0.15, 0.2) is 59.0 Å². The zero-order valence-electron chi connectivity index (χ0n) is 18.1. The second-order valence-corrected chi connectivity index (χ2v) is 8.44. The number of hydrogen-bond donors (Lipinski definition) is 1. The van der Waals surface area contributed by atoms with Crippen molar-refractivity contribution < 1.29 is 23.2 Å². The van der Waals surface area contributed by atoms with E-state index in [9.17, 15) is 18.8 Å². The van der Waals surface area contributed by atoms with Crippen LogP contribution in [0.4, 0.5) is 14.9 Å². The second-order valence-electron chi connectivity index (χ2n) is 8.44. The topological polar surface area (TPSA) is 86.1 Å². The van der Waals surface area contributed by atoms with E-state index in [0.29, 0.717) is 37.5 Å². The van der Waals surface area contributed by atoms with Crippen LogP contribution in [0.2, 0.25) is 0 Å². The molecule has 3 heterocycles. The number of para-hydroxylation sites is 1. The third kappa shape index (κ3) is 3.69. The molecule has 2 aliphatic heterocycles. The van der Waals surface area contributed by atoms with Gasteiger partial charge in [0.05, 0.1) is 0 Å². The Labute approximate surface area is 189 Å². The van der Waals surface area contributed by atoms with Gasteiger partial charge in [0.2, 0.25) is 5.91 Å². The van der Waals surface area contributed by atoms with Gasteiger partial charge in [-0.05, 0) is 43.3 Å². The first kappa shape index (κ1) is 21.0. The van der Waals surface area contributed by atoms with E-state index in [1.165, 1.54) is 12.1 Å². The fourth-order valence-corrected chi connectivity index (χ4v) is 4.34. The van der Waals surface area contributed by atoms with Crippen LogP contribution in [0, 0.1) is 5.82 Å². The van der Waals surface area contributed by atoms with Crippen LogP contribution >= 0.6 is 0 Å². The number of piperazine rings is 1. The summed E-state index contributed by atoms with van der Waals surface area (Å²) >= 11 is 0. The number of fused-ring (bicyclic) bond motifs is 1. The highest BCUT2D eigenvalue weighted by molar-refractivity contribution is 6.09. The standard InChI is InChI=1S/C24H23FN4O4/c1-24(20-14-16-4-2-3-5-19(16)33-20)22(31)29(23(32)26-24)15-21(30)28-12-10-27(11-13-28)18-8-6-17(25)7-9-18/h2-9,14H,10-13,15H2,1H3,(H,26,32). The van der Waals surface area contributed by atoms with E-state index in [1.807, 2.05) is 18.2 Å². The van der Waals surface area contributed by atoms with Gasteiger partial charge in [-0.25, -0.2) is 9.18 Å². The summed E-state index contributed by atoms with van der Waals surface area (Å²) in [5.74, 6) is -0.795. The first-order valence-corrected chi connectivity index (χ1v) is 10.8. The van der Waals surface area contributed by atoms with Crippen LogP contribution < -0.4 is 10.2 Å². The van der Waals surface area contributed by atoms with Crippen molar-refractivity contribution in [3.05, 3.63) is 66.2 Å². The van der Waals surface area contributed by atoms with Crippen molar-refractivity contribution in [1.29, 1.82) is 0 Å². The number of carbonyl (C=O) groups excluding carboxylic acids is 3. The van der Waals surface area contributed by atoms with Gasteiger partial charge in [0.15, 0.2) is 5.54 Å². The van der Waals surface area contributed by atoms with Crippen molar-refractivity contribution in [2.45, 2.75) is 12.5 Å². The Morgan fingerprint density at radius 1 is 1.06 bits per heavy atom. The molecule has 0 saturated carbocycles. The molecule has 5 rings (SSSR count). The minimum absolute atomic E-state index is 0.296. The number of furan rings is 1. The average molecular weight is 450 g/mol. The third-order valence-electron chi connectivity index (χ3n) is 6.31. The highest BCUT2D eigenvalue weighted by Crippen LogP contribution is 2.33. The summed E-state index contributed by atoms with van der Waals surface area (Å²) in [5.41, 5.74) is 0.126. The number of benzene rings is 2. The van der Waals surface area contributed by atoms with E-state index in [0.717, 1.165) is 16.0 Å². The van der Waals surface area contributed by atoms with E-state index >= 15 is 0 Å². The van der Waals surface area contributed by atoms with E-state index < -0.39 is 17.5 Å². The molecule has 1 aromatic heterocycles. The zero-order chi connectivity index (χ0) is 23.2. The highest BCUT2D eigenvalue weighted by atomic mass is 19.1. The van der Waals surface area contributed by atoms with Crippen molar-refractivity contribution in [1.82, 2.24) is 15.1 Å². The molecular weight excluding hydrogens is 427 g/mol. The number of anilines is 1. The van der Waals surface area contributed by atoms with Gasteiger partial charge in [0, 0.05) is 37.3 Å². The molecule has 8 nitrogen and oxygen atoms in total. The Hall–Kier alpha value is -3.88. The normalized spacial score (nSPS) is 21.1. The third-order valence-corrected chi connectivity index (χ3v) is 6.31. The van der Waals surface area contributed by atoms with Gasteiger partial charge in [-0.15, -0.1) is 0 Å². The summed E-state index contributed by atoms with van der Waals surface area (Å²) in [7, 11) is 0. The first-order valence-electron chi connectivity index (χ1n) is 10.8. The molecule has 3 aromatic rings. The lowest BCUT2D eigenvalue weighted by molar-refractivity contribution is -0.139. The number of nitrogens with zero attached hydrogens (tertiary/aromatic N) is 3. The number of imide groups is 1. The monoisotopic (exact) mass is 450 g/mol. The Kier molecular flexibility index (Phi) is 5.03. The highest BCUT2D eigenvalue weighted by Gasteiger charge is 2.52. The van der Waals surface area contributed by atoms with Crippen LogP contribution in [-0.4, -0.2) is 60.4 Å². The van der Waals surface area contributed by atoms with Gasteiger partial charge in [0.25, 0.3) is 5.91 Å². The quantitative estimate of drug-likeness (QED) is 0.618. The minimum atomic E-state index is -1.38. The summed E-state index contributed by atoms with van der Waals surface area (Å²) in [6.07, 6.45) is 0. The van der Waals surface area contributed by atoms with Crippen LogP contribution in [0.25, 0.3) is 11.0 Å². The van der Waals surface area contributed by atoms with Crippen molar-refractivity contribution in [3.8, 4) is 0 Å². The molecule has 0 radical (unpaired) electrons. The molecule has 1 atom stereocenters. The van der Waals surface area contributed by atoms with Gasteiger partial charge < -0.3 is 19.5 Å². The SMILES string of the molecule is CC1(c2cc3ccccc3o2)NC(=O)N(CC(=O)N2CCN(c3ccc(F)cc3)CC2)C1=O. The largest absolute Gasteiger partial charge is 0.458 e. The summed E-state index contributed by atoms with van der Waals surface area (Å²) in [6.45, 7) is 3.29. The summed E-state index contributed by atoms with van der Waals surface area (Å²) in [6, 6.07) is 14.7. The molecule has 2 fully saturated rings. The van der Waals surface area contributed by atoms with E-state index in [1.54, 1.807) is 36.1 Å². The lowest BCUT2D eigenvalue weighted by Crippen LogP contribution is -2.52. The van der Waals surface area contributed by atoms with Crippen molar-refractivity contribution in [3.63, 3.8) is 0 Å². The molecule has 4 amide bonds. The lowest BCUT2D eigenvalue weighted by atomic mass is 9.99. The molecule has 0 bridgehead atoms. The lowest BCUT2D eigenvalue weighted by Gasteiger charge is -2.36. The van der Waals surface area contributed by atoms with Crippen molar-refractivity contribution in [2.24, 2.45) is 0 Å². The number of nitrogens with one attached hydrogen (secondary N) is 1. The van der Waals surface area contributed by atoms with Crippen LogP contribution in [-0.2, 0) is 15.1 Å². The van der Waals surface area contributed by atoms with Gasteiger partial charge >= 0.3 is 6.03 Å². The summed E-state index contributed by atoms with van der Waals surface area (Å²) < 4.78 is 19.0. The number of amides is 4. The summed E-state index contributed by atoms with van der Waals surface area (Å²) in [4.78, 5) is 43.3. The van der Waals surface area contributed by atoms with Crippen molar-refractivity contribution in [2.75, 3.05) is 37.6 Å². The number of urea groups is 1. The molecule has 0 spiro atoms. The van der Waals surface area contributed by atoms with Gasteiger partial charge in [-0.1, -0.05) is 18.2 Å². The Bertz CT molecular complexity index is 1200. The molecule has 0 aliphatic carbocycles. The van der Waals surface area contributed by atoms with Gasteiger partial charge in [-0.3, -0.25) is 14.5 Å². The maximum atomic E-state index is 13.2. The molecule has 33 heavy (non-hydrogen) atoms. The Morgan fingerprint density at radius 2 is 1.76 bits per heavy atom. The number of hydrogen-bond acceptors (Lipinski definition) is 5. The van der Waals surface area contributed by atoms with Crippen LogP contribution in [0.1, 0.15) is 12.7 Å². The Balaban J connectivity index is 1.25. The summed E-state index contributed by atoms with van der Waals surface area (Å²) in [5, 5.41) is 3.51. The predicted molar refractivity (Wildman–Crippen MR) is 119 cm³/mol. The zero-order valence-corrected chi connectivity index (χ0v) is 18.1. The molecule has 2 aliphatic rings. The number of halogens is 1. The van der Waals surface area contributed by atoms with Crippen LogP contribution in [0.3, 0.4) is 0 Å². The molecule has 170 valence electrons. The minimum Gasteiger partial charge on any atom is -0.458 e. The first-order chi connectivity index (χ1) is 15.8. The van der Waals surface area contributed by atoms with Gasteiger partial charge in [-0.2, -0.15) is 0 Å². The van der Waals surface area contributed by atoms with Crippen molar-refractivity contribution >= 4 is 34.5 Å². The smallest absolute Gasteiger partial charge is 0.325 e. The molecular formula is C24H23FN4O4. The number of rotatable bonds is 4.